The van der Waals surface area contributed by atoms with E-state index in [4.69, 9.17) is 4.74 Å². The Morgan fingerprint density at radius 3 is 2.48 bits per heavy atom. The zero-order valence-electron chi connectivity index (χ0n) is 16.1. The van der Waals surface area contributed by atoms with Gasteiger partial charge in [0.1, 0.15) is 11.5 Å². The van der Waals surface area contributed by atoms with Crippen molar-refractivity contribution in [2.75, 3.05) is 7.05 Å². The summed E-state index contributed by atoms with van der Waals surface area (Å²) in [6, 6.07) is 5.94. The van der Waals surface area contributed by atoms with Gasteiger partial charge in [-0.1, -0.05) is 12.1 Å². The Balaban J connectivity index is 2.06. The molecule has 1 N–H and O–H groups in total. The largest absolute Gasteiger partial charge is 0.448 e. The topological polar surface area (TPSA) is 79.5 Å². The molecular weight excluding hydrogens is 351 g/mol. The van der Waals surface area contributed by atoms with Crippen molar-refractivity contribution in [2.45, 2.75) is 40.3 Å². The molecule has 1 atom stereocenters. The van der Waals surface area contributed by atoms with E-state index in [0.29, 0.717) is 22.4 Å². The van der Waals surface area contributed by atoms with E-state index in [-0.39, 0.29) is 23.8 Å². The van der Waals surface area contributed by atoms with Gasteiger partial charge in [-0.15, -0.1) is 0 Å². The normalized spacial score (nSPS) is 11.8. The van der Waals surface area contributed by atoms with E-state index in [1.807, 2.05) is 0 Å². The van der Waals surface area contributed by atoms with Crippen LogP contribution in [0, 0.1) is 19.7 Å². The number of aromatic amines is 1. The minimum Gasteiger partial charge on any atom is -0.448 e. The second kappa shape index (κ2) is 8.16. The number of amides is 1. The summed E-state index contributed by atoms with van der Waals surface area (Å²) in [4.78, 5) is 40.8. The number of aryl methyl sites for hydroxylation is 1. The number of halogens is 1. The third kappa shape index (κ3) is 4.61. The standard InChI is InChI=1S/C20H23FN2O4/c1-11-17(13(3)24)12(2)22-18(11)20(26)27-14(4)19(25)23(5)10-15-7-6-8-16(21)9-15/h6-9,14,22H,10H2,1-5H3/t14-/m0/s1. The molecule has 0 saturated heterocycles. The van der Waals surface area contributed by atoms with Crippen molar-refractivity contribution >= 4 is 17.7 Å². The van der Waals surface area contributed by atoms with Crippen molar-refractivity contribution in [3.63, 3.8) is 0 Å². The Morgan fingerprint density at radius 2 is 1.93 bits per heavy atom. The Morgan fingerprint density at radius 1 is 1.26 bits per heavy atom. The number of hydrogen-bond donors (Lipinski definition) is 1. The van der Waals surface area contributed by atoms with E-state index in [9.17, 15) is 18.8 Å². The van der Waals surface area contributed by atoms with Gasteiger partial charge >= 0.3 is 5.97 Å². The SMILES string of the molecule is CC(=O)c1c(C)[nH]c(C(=O)O[C@@H](C)C(=O)N(C)Cc2cccc(F)c2)c1C. The highest BCUT2D eigenvalue weighted by Gasteiger charge is 2.26. The second-order valence-corrected chi connectivity index (χ2v) is 6.55. The van der Waals surface area contributed by atoms with Crippen LogP contribution in [-0.4, -0.2) is 40.7 Å². The fourth-order valence-corrected chi connectivity index (χ4v) is 3.05. The molecule has 0 aliphatic carbocycles. The number of likely N-dealkylation sites (N-methyl/N-ethyl adjacent to an activating group) is 1. The molecule has 6 nitrogen and oxygen atoms in total. The number of H-pyrrole nitrogens is 1. The summed E-state index contributed by atoms with van der Waals surface area (Å²) in [6.45, 7) is 6.43. The van der Waals surface area contributed by atoms with Crippen LogP contribution in [0.25, 0.3) is 0 Å². The molecule has 0 unspecified atom stereocenters. The van der Waals surface area contributed by atoms with Gasteiger partial charge in [0, 0.05) is 24.8 Å². The van der Waals surface area contributed by atoms with Gasteiger partial charge in [0.15, 0.2) is 11.9 Å². The number of rotatable bonds is 6. The highest BCUT2D eigenvalue weighted by Crippen LogP contribution is 2.20. The number of aromatic nitrogens is 1. The molecule has 1 heterocycles. The highest BCUT2D eigenvalue weighted by atomic mass is 19.1. The van der Waals surface area contributed by atoms with Gasteiger partial charge < -0.3 is 14.6 Å². The molecule has 144 valence electrons. The summed E-state index contributed by atoms with van der Waals surface area (Å²) in [5.74, 6) is -1.66. The number of hydrogen-bond acceptors (Lipinski definition) is 4. The maximum Gasteiger partial charge on any atom is 0.355 e. The van der Waals surface area contributed by atoms with Crippen LogP contribution in [0.15, 0.2) is 24.3 Å². The lowest BCUT2D eigenvalue weighted by atomic mass is 10.1. The minimum atomic E-state index is -1.03. The molecule has 0 bridgehead atoms. The third-order valence-corrected chi connectivity index (χ3v) is 4.31. The van der Waals surface area contributed by atoms with Gasteiger partial charge in [0.05, 0.1) is 0 Å². The molecule has 0 saturated carbocycles. The molecule has 7 heteroatoms. The maximum absolute atomic E-state index is 13.3. The molecule has 2 rings (SSSR count). The lowest BCUT2D eigenvalue weighted by Gasteiger charge is -2.21. The molecule has 1 aromatic carbocycles. The van der Waals surface area contributed by atoms with Gasteiger partial charge in [-0.2, -0.15) is 0 Å². The molecule has 0 spiro atoms. The smallest absolute Gasteiger partial charge is 0.355 e. The van der Waals surface area contributed by atoms with E-state index in [1.54, 1.807) is 33.0 Å². The van der Waals surface area contributed by atoms with Crippen LogP contribution in [0.3, 0.4) is 0 Å². The van der Waals surface area contributed by atoms with Crippen LogP contribution in [-0.2, 0) is 16.1 Å². The van der Waals surface area contributed by atoms with E-state index in [1.165, 1.54) is 30.9 Å². The summed E-state index contributed by atoms with van der Waals surface area (Å²) in [6.07, 6.45) is -1.03. The predicted molar refractivity (Wildman–Crippen MR) is 98.0 cm³/mol. The lowest BCUT2D eigenvalue weighted by Crippen LogP contribution is -2.37. The summed E-state index contributed by atoms with van der Waals surface area (Å²) < 4.78 is 18.5. The van der Waals surface area contributed by atoms with Crippen LogP contribution in [0.1, 0.15) is 51.5 Å². The first kappa shape index (κ1) is 20.4. The Hall–Kier alpha value is -2.96. The van der Waals surface area contributed by atoms with Crippen LogP contribution < -0.4 is 0 Å². The number of ketones is 1. The van der Waals surface area contributed by atoms with E-state index < -0.39 is 18.0 Å². The molecule has 2 aromatic rings. The van der Waals surface area contributed by atoms with Gasteiger partial charge in [0.25, 0.3) is 5.91 Å². The average molecular weight is 374 g/mol. The number of ether oxygens (including phenoxy) is 1. The monoisotopic (exact) mass is 374 g/mol. The Labute approximate surface area is 157 Å². The molecule has 27 heavy (non-hydrogen) atoms. The van der Waals surface area contributed by atoms with Crippen molar-refractivity contribution in [3.05, 3.63) is 58.2 Å². The number of carbonyl (C=O) groups excluding carboxylic acids is 3. The first-order valence-electron chi connectivity index (χ1n) is 8.52. The fraction of sp³-hybridized carbons (Fsp3) is 0.350. The minimum absolute atomic E-state index is 0.153. The third-order valence-electron chi connectivity index (χ3n) is 4.31. The molecule has 0 aliphatic rings. The Kier molecular flexibility index (Phi) is 6.15. The fourth-order valence-electron chi connectivity index (χ4n) is 3.05. The van der Waals surface area contributed by atoms with Gasteiger partial charge in [-0.05, 0) is 51.0 Å². The summed E-state index contributed by atoms with van der Waals surface area (Å²) >= 11 is 0. The van der Waals surface area contributed by atoms with Crippen LogP contribution in [0.4, 0.5) is 4.39 Å². The predicted octanol–water partition coefficient (Wildman–Crippen LogP) is 3.18. The van der Waals surface area contributed by atoms with Crippen molar-refractivity contribution in [1.29, 1.82) is 0 Å². The van der Waals surface area contributed by atoms with E-state index in [2.05, 4.69) is 4.98 Å². The number of Topliss-reactive ketones (excluding diaryl/α,β-unsaturated/α-hetero) is 1. The molecule has 1 aromatic heterocycles. The van der Waals surface area contributed by atoms with Crippen molar-refractivity contribution in [3.8, 4) is 0 Å². The number of nitrogens with one attached hydrogen (secondary N) is 1. The quantitative estimate of drug-likeness (QED) is 0.622. The number of nitrogens with zero attached hydrogens (tertiary/aromatic N) is 1. The summed E-state index contributed by atoms with van der Waals surface area (Å²) in [5.41, 5.74) is 2.31. The lowest BCUT2D eigenvalue weighted by molar-refractivity contribution is -0.139. The average Bonchev–Trinajstić information content (AvgIpc) is 2.88. The zero-order valence-corrected chi connectivity index (χ0v) is 16.1. The van der Waals surface area contributed by atoms with E-state index >= 15 is 0 Å². The van der Waals surface area contributed by atoms with Gasteiger partial charge in [-0.25, -0.2) is 9.18 Å². The zero-order chi connectivity index (χ0) is 20.3. The van der Waals surface area contributed by atoms with Crippen molar-refractivity contribution < 1.29 is 23.5 Å². The van der Waals surface area contributed by atoms with Crippen LogP contribution >= 0.6 is 0 Å². The first-order chi connectivity index (χ1) is 12.6. The summed E-state index contributed by atoms with van der Waals surface area (Å²) in [7, 11) is 1.55. The van der Waals surface area contributed by atoms with Gasteiger partial charge in [-0.3, -0.25) is 9.59 Å². The maximum atomic E-state index is 13.3. The number of carbonyl (C=O) groups is 3. The van der Waals surface area contributed by atoms with E-state index in [0.717, 1.165) is 0 Å². The molecule has 1 amide bonds. The van der Waals surface area contributed by atoms with Crippen molar-refractivity contribution in [2.24, 2.45) is 0 Å². The number of esters is 1. The van der Waals surface area contributed by atoms with Gasteiger partial charge in [0.2, 0.25) is 0 Å². The molecule has 0 fully saturated rings. The second-order valence-electron chi connectivity index (χ2n) is 6.55. The van der Waals surface area contributed by atoms with Crippen molar-refractivity contribution in [1.82, 2.24) is 9.88 Å². The first-order valence-corrected chi connectivity index (χ1v) is 8.52. The number of benzene rings is 1. The molecule has 0 aliphatic heterocycles. The Bertz CT molecular complexity index is 888. The molecule has 0 radical (unpaired) electrons. The van der Waals surface area contributed by atoms with Crippen LogP contribution in [0.5, 0.6) is 0 Å². The summed E-state index contributed by atoms with van der Waals surface area (Å²) in [5, 5.41) is 0. The van der Waals surface area contributed by atoms with Crippen LogP contribution in [0.2, 0.25) is 0 Å². The highest BCUT2D eigenvalue weighted by molar-refractivity contribution is 6.01. The molecular formula is C20H23FN2O4.